The van der Waals surface area contributed by atoms with Crippen LogP contribution in [0.2, 0.25) is 0 Å². The van der Waals surface area contributed by atoms with Crippen LogP contribution in [-0.2, 0) is 4.79 Å². The van der Waals surface area contributed by atoms with E-state index in [1.165, 1.54) is 48.6 Å². The van der Waals surface area contributed by atoms with Gasteiger partial charge in [-0.3, -0.25) is 14.9 Å². The van der Waals surface area contributed by atoms with E-state index in [0.717, 1.165) is 0 Å². The van der Waals surface area contributed by atoms with Crippen LogP contribution in [0.3, 0.4) is 0 Å². The smallest absolute Gasteiger partial charge is 0.271 e. The zero-order valence-electron chi connectivity index (χ0n) is 11.7. The zero-order chi connectivity index (χ0) is 16.1. The second-order valence-electron chi connectivity index (χ2n) is 4.63. The third kappa shape index (κ3) is 3.99. The molecule has 2 aromatic carbocycles. The molecule has 5 nitrogen and oxygen atoms in total. The Kier molecular flexibility index (Phi) is 4.63. The van der Waals surface area contributed by atoms with Crippen molar-refractivity contribution in [1.82, 2.24) is 0 Å². The number of nitrogens with zero attached hydrogens (tertiary/aromatic N) is 1. The summed E-state index contributed by atoms with van der Waals surface area (Å²) in [6.45, 7) is 1.74. The number of nitro groups is 1. The molecule has 0 saturated carbocycles. The molecule has 2 rings (SSSR count). The molecule has 0 heterocycles. The second-order valence-corrected chi connectivity index (χ2v) is 4.63. The van der Waals surface area contributed by atoms with Gasteiger partial charge in [-0.2, -0.15) is 0 Å². The molecule has 0 saturated heterocycles. The maximum absolute atomic E-state index is 12.8. The van der Waals surface area contributed by atoms with E-state index in [-0.39, 0.29) is 11.5 Å². The van der Waals surface area contributed by atoms with Crippen LogP contribution in [0.25, 0.3) is 6.08 Å². The van der Waals surface area contributed by atoms with Crippen LogP contribution in [0.4, 0.5) is 15.8 Å². The molecule has 0 aliphatic heterocycles. The summed E-state index contributed by atoms with van der Waals surface area (Å²) in [5.41, 5.74) is 1.67. The van der Waals surface area contributed by atoms with Gasteiger partial charge in [0.25, 0.3) is 5.69 Å². The van der Waals surface area contributed by atoms with Gasteiger partial charge in [-0.15, -0.1) is 0 Å². The Balaban J connectivity index is 2.10. The van der Waals surface area contributed by atoms with Crippen molar-refractivity contribution in [1.29, 1.82) is 0 Å². The molecule has 0 aliphatic rings. The van der Waals surface area contributed by atoms with Crippen LogP contribution in [0.5, 0.6) is 0 Å². The lowest BCUT2D eigenvalue weighted by atomic mass is 10.1. The number of rotatable bonds is 4. The van der Waals surface area contributed by atoms with Crippen molar-refractivity contribution in [2.45, 2.75) is 6.92 Å². The lowest BCUT2D eigenvalue weighted by Gasteiger charge is -2.05. The number of benzene rings is 2. The molecule has 2 aromatic rings. The highest BCUT2D eigenvalue weighted by Crippen LogP contribution is 2.21. The van der Waals surface area contributed by atoms with Crippen molar-refractivity contribution < 1.29 is 14.1 Å². The summed E-state index contributed by atoms with van der Waals surface area (Å²) >= 11 is 0. The maximum Gasteiger partial charge on any atom is 0.271 e. The molecule has 0 fully saturated rings. The number of non-ortho nitro benzene ring substituents is 1. The highest BCUT2D eigenvalue weighted by Gasteiger charge is 2.09. The fraction of sp³-hybridized carbons (Fsp3) is 0.0625. The number of halogens is 1. The van der Waals surface area contributed by atoms with Gasteiger partial charge in [-0.1, -0.05) is 18.2 Å². The van der Waals surface area contributed by atoms with Crippen LogP contribution >= 0.6 is 0 Å². The lowest BCUT2D eigenvalue weighted by Crippen LogP contribution is -2.09. The minimum atomic E-state index is -0.524. The largest absolute Gasteiger partial charge is 0.322 e. The average molecular weight is 300 g/mol. The minimum absolute atomic E-state index is 0.0941. The normalized spacial score (nSPS) is 10.6. The van der Waals surface area contributed by atoms with Gasteiger partial charge in [0.2, 0.25) is 5.91 Å². The van der Waals surface area contributed by atoms with Crippen LogP contribution in [-0.4, -0.2) is 10.8 Å². The summed E-state index contributed by atoms with van der Waals surface area (Å²) in [6, 6.07) is 9.91. The summed E-state index contributed by atoms with van der Waals surface area (Å²) in [5, 5.41) is 13.3. The number of carbonyl (C=O) groups excluding carboxylic acids is 1. The predicted molar refractivity (Wildman–Crippen MR) is 81.9 cm³/mol. The summed E-state index contributed by atoms with van der Waals surface area (Å²) in [5.74, 6) is -0.776. The summed E-state index contributed by atoms with van der Waals surface area (Å²) in [7, 11) is 0. The van der Waals surface area contributed by atoms with E-state index in [9.17, 15) is 19.3 Å². The van der Waals surface area contributed by atoms with Gasteiger partial charge in [0.1, 0.15) is 5.82 Å². The summed E-state index contributed by atoms with van der Waals surface area (Å²) in [4.78, 5) is 22.1. The van der Waals surface area contributed by atoms with Crippen LogP contribution < -0.4 is 5.32 Å². The molecule has 0 unspecified atom stereocenters. The fourth-order valence-corrected chi connectivity index (χ4v) is 1.78. The summed E-state index contributed by atoms with van der Waals surface area (Å²) < 4.78 is 12.8. The lowest BCUT2D eigenvalue weighted by molar-refractivity contribution is -0.384. The van der Waals surface area contributed by atoms with Crippen molar-refractivity contribution in [3.8, 4) is 0 Å². The number of nitrogens with one attached hydrogen (secondary N) is 1. The third-order valence-electron chi connectivity index (χ3n) is 2.99. The first-order valence-electron chi connectivity index (χ1n) is 6.45. The Bertz CT molecular complexity index is 740. The van der Waals surface area contributed by atoms with Crippen molar-refractivity contribution in [2.24, 2.45) is 0 Å². The topological polar surface area (TPSA) is 72.2 Å². The maximum atomic E-state index is 12.8. The van der Waals surface area contributed by atoms with E-state index >= 15 is 0 Å². The SMILES string of the molecule is Cc1ccc([N+](=O)[O-])cc1NC(=O)/C=C/c1ccc(F)cc1. The Labute approximate surface area is 126 Å². The fourth-order valence-electron chi connectivity index (χ4n) is 1.78. The molecule has 0 radical (unpaired) electrons. The molecule has 22 heavy (non-hydrogen) atoms. The third-order valence-corrected chi connectivity index (χ3v) is 2.99. The molecule has 1 amide bonds. The van der Waals surface area contributed by atoms with Gasteiger partial charge < -0.3 is 5.32 Å². The quantitative estimate of drug-likeness (QED) is 0.531. The number of nitro benzene ring substituents is 1. The second kappa shape index (κ2) is 6.62. The Morgan fingerprint density at radius 1 is 1.23 bits per heavy atom. The zero-order valence-corrected chi connectivity index (χ0v) is 11.7. The number of hydrogen-bond donors (Lipinski definition) is 1. The molecule has 0 atom stereocenters. The molecule has 0 bridgehead atoms. The number of carbonyl (C=O) groups is 1. The highest BCUT2D eigenvalue weighted by atomic mass is 19.1. The predicted octanol–water partition coefficient (Wildman–Crippen LogP) is 3.69. The van der Waals surface area contributed by atoms with E-state index in [4.69, 9.17) is 0 Å². The first-order chi connectivity index (χ1) is 10.5. The molecule has 6 heteroatoms. The van der Waals surface area contributed by atoms with E-state index in [0.29, 0.717) is 16.8 Å². The van der Waals surface area contributed by atoms with E-state index in [2.05, 4.69) is 5.32 Å². The van der Waals surface area contributed by atoms with Gasteiger partial charge in [-0.25, -0.2) is 4.39 Å². The number of hydrogen-bond acceptors (Lipinski definition) is 3. The van der Waals surface area contributed by atoms with Gasteiger partial charge in [0.05, 0.1) is 10.6 Å². The Hall–Kier alpha value is -3.02. The van der Waals surface area contributed by atoms with E-state index in [1.807, 2.05) is 0 Å². The first-order valence-corrected chi connectivity index (χ1v) is 6.45. The van der Waals surface area contributed by atoms with Gasteiger partial charge in [-0.05, 0) is 36.3 Å². The van der Waals surface area contributed by atoms with Gasteiger partial charge >= 0.3 is 0 Å². The highest BCUT2D eigenvalue weighted by molar-refractivity contribution is 6.02. The van der Waals surface area contributed by atoms with Crippen molar-refractivity contribution in [3.63, 3.8) is 0 Å². The number of amides is 1. The van der Waals surface area contributed by atoms with Crippen molar-refractivity contribution >= 4 is 23.4 Å². The van der Waals surface area contributed by atoms with E-state index in [1.54, 1.807) is 13.0 Å². The van der Waals surface area contributed by atoms with Gasteiger partial charge in [0, 0.05) is 18.2 Å². The molecular formula is C16H13FN2O3. The first kappa shape index (κ1) is 15.4. The minimum Gasteiger partial charge on any atom is -0.322 e. The number of anilines is 1. The molecule has 0 aliphatic carbocycles. The monoisotopic (exact) mass is 300 g/mol. The van der Waals surface area contributed by atoms with Crippen LogP contribution in [0, 0.1) is 22.9 Å². The van der Waals surface area contributed by atoms with E-state index < -0.39 is 10.8 Å². The van der Waals surface area contributed by atoms with Gasteiger partial charge in [0.15, 0.2) is 0 Å². The Morgan fingerprint density at radius 3 is 2.55 bits per heavy atom. The Morgan fingerprint density at radius 2 is 1.91 bits per heavy atom. The molecule has 0 spiro atoms. The molecule has 0 aromatic heterocycles. The molecular weight excluding hydrogens is 287 g/mol. The van der Waals surface area contributed by atoms with Crippen LogP contribution in [0.1, 0.15) is 11.1 Å². The standard InChI is InChI=1S/C16H13FN2O3/c1-11-2-8-14(19(21)22)10-15(11)18-16(20)9-5-12-3-6-13(17)7-4-12/h2-10H,1H3,(H,18,20)/b9-5+. The van der Waals surface area contributed by atoms with Crippen molar-refractivity contribution in [3.05, 3.63) is 75.6 Å². The molecule has 1 N–H and O–H groups in total. The average Bonchev–Trinajstić information content (AvgIpc) is 2.48. The number of aryl methyl sites for hydroxylation is 1. The molecule has 112 valence electrons. The van der Waals surface area contributed by atoms with Crippen LogP contribution in [0.15, 0.2) is 48.5 Å². The summed E-state index contributed by atoms with van der Waals surface area (Å²) in [6.07, 6.45) is 2.81. The van der Waals surface area contributed by atoms with Crippen molar-refractivity contribution in [2.75, 3.05) is 5.32 Å².